The van der Waals surface area contributed by atoms with Crippen molar-refractivity contribution in [3.8, 4) is 5.75 Å². The molecule has 0 radical (unpaired) electrons. The van der Waals surface area contributed by atoms with Crippen LogP contribution in [0.25, 0.3) is 0 Å². The van der Waals surface area contributed by atoms with Gasteiger partial charge in [0.1, 0.15) is 18.5 Å². The Kier molecular flexibility index (Phi) is 4.59. The molecule has 1 N–H and O–H groups in total. The molecule has 1 atom stereocenters. The fraction of sp³-hybridized carbons (Fsp3) is 0.500. The molecule has 1 aliphatic heterocycles. The molecule has 0 saturated carbocycles. The molecule has 1 aliphatic rings. The molecular weight excluding hydrogens is 230 g/mol. The Bertz CT molecular complexity index is 406. The monoisotopic (exact) mass is 249 g/mol. The third-order valence-electron chi connectivity index (χ3n) is 2.84. The lowest BCUT2D eigenvalue weighted by Gasteiger charge is -2.25. The van der Waals surface area contributed by atoms with Gasteiger partial charge in [-0.1, -0.05) is 25.1 Å². The summed E-state index contributed by atoms with van der Waals surface area (Å²) in [5.74, 6) is 0.685. The number of carbonyl (C=O) groups excluding carboxylic acids is 1. The first kappa shape index (κ1) is 12.9. The van der Waals surface area contributed by atoms with Crippen molar-refractivity contribution in [1.29, 1.82) is 0 Å². The van der Waals surface area contributed by atoms with Gasteiger partial charge in [0.05, 0.1) is 6.54 Å². The second-order valence-corrected chi connectivity index (χ2v) is 4.41. The van der Waals surface area contributed by atoms with E-state index < -0.39 is 0 Å². The van der Waals surface area contributed by atoms with Crippen molar-refractivity contribution in [2.45, 2.75) is 25.9 Å². The number of fused-ring (bicyclic) bond motifs is 1. The highest BCUT2D eigenvalue weighted by Crippen LogP contribution is 2.24. The Labute approximate surface area is 107 Å². The molecule has 0 spiro atoms. The Morgan fingerprint density at radius 3 is 3.17 bits per heavy atom. The van der Waals surface area contributed by atoms with Crippen LogP contribution in [0.1, 0.15) is 18.9 Å². The van der Waals surface area contributed by atoms with Gasteiger partial charge in [-0.3, -0.25) is 4.79 Å². The summed E-state index contributed by atoms with van der Waals surface area (Å²) < 4.78 is 10.9. The summed E-state index contributed by atoms with van der Waals surface area (Å²) in [6, 6.07) is 7.86. The van der Waals surface area contributed by atoms with E-state index in [0.717, 1.165) is 30.7 Å². The van der Waals surface area contributed by atoms with Crippen molar-refractivity contribution < 1.29 is 14.3 Å². The highest BCUT2D eigenvalue weighted by molar-refractivity contribution is 5.71. The van der Waals surface area contributed by atoms with Gasteiger partial charge in [-0.25, -0.2) is 0 Å². The fourth-order valence-electron chi connectivity index (χ4n) is 1.97. The second kappa shape index (κ2) is 6.40. The molecule has 0 saturated heterocycles. The van der Waals surface area contributed by atoms with E-state index >= 15 is 0 Å². The second-order valence-electron chi connectivity index (χ2n) is 4.41. The van der Waals surface area contributed by atoms with E-state index in [1.165, 1.54) is 0 Å². The number of hydrogen-bond acceptors (Lipinski definition) is 4. The predicted molar refractivity (Wildman–Crippen MR) is 68.7 cm³/mol. The van der Waals surface area contributed by atoms with Gasteiger partial charge < -0.3 is 14.8 Å². The summed E-state index contributed by atoms with van der Waals surface area (Å²) in [4.78, 5) is 11.6. The highest BCUT2D eigenvalue weighted by Gasteiger charge is 2.22. The number of carbonyl (C=O) groups is 1. The molecule has 2 rings (SSSR count). The molecule has 0 fully saturated rings. The summed E-state index contributed by atoms with van der Waals surface area (Å²) in [7, 11) is 0. The van der Waals surface area contributed by atoms with Crippen molar-refractivity contribution in [2.75, 3.05) is 19.7 Å². The zero-order valence-electron chi connectivity index (χ0n) is 10.6. The highest BCUT2D eigenvalue weighted by atomic mass is 16.6. The van der Waals surface area contributed by atoms with Crippen molar-refractivity contribution in [3.05, 3.63) is 29.8 Å². The average molecular weight is 249 g/mol. The first-order chi connectivity index (χ1) is 8.79. The minimum absolute atomic E-state index is 0.171. The van der Waals surface area contributed by atoms with Crippen LogP contribution in [0.3, 0.4) is 0 Å². The SMILES string of the molecule is CCCNCC(=O)OC1COc2ccccc2C1. The first-order valence-corrected chi connectivity index (χ1v) is 6.40. The molecule has 0 aliphatic carbocycles. The zero-order valence-corrected chi connectivity index (χ0v) is 10.6. The number of benzene rings is 1. The molecule has 1 aromatic carbocycles. The van der Waals surface area contributed by atoms with E-state index in [1.54, 1.807) is 0 Å². The zero-order chi connectivity index (χ0) is 12.8. The molecule has 1 aromatic rings. The lowest BCUT2D eigenvalue weighted by molar-refractivity contribution is -0.149. The summed E-state index contributed by atoms with van der Waals surface area (Å²) in [6.07, 6.45) is 1.57. The molecule has 0 amide bonds. The Hall–Kier alpha value is -1.55. The van der Waals surface area contributed by atoms with Crippen LogP contribution in [-0.4, -0.2) is 31.8 Å². The van der Waals surface area contributed by atoms with E-state index in [0.29, 0.717) is 6.61 Å². The summed E-state index contributed by atoms with van der Waals surface area (Å²) in [6.45, 7) is 3.60. The van der Waals surface area contributed by atoms with Gasteiger partial charge in [0, 0.05) is 6.42 Å². The van der Waals surface area contributed by atoms with Crippen LogP contribution in [0.15, 0.2) is 24.3 Å². The van der Waals surface area contributed by atoms with Gasteiger partial charge in [0.15, 0.2) is 0 Å². The Morgan fingerprint density at radius 1 is 1.50 bits per heavy atom. The molecule has 18 heavy (non-hydrogen) atoms. The quantitative estimate of drug-likeness (QED) is 0.635. The third kappa shape index (κ3) is 3.47. The normalized spacial score (nSPS) is 17.7. The van der Waals surface area contributed by atoms with Gasteiger partial charge in [-0.15, -0.1) is 0 Å². The van der Waals surface area contributed by atoms with Crippen molar-refractivity contribution in [3.63, 3.8) is 0 Å². The van der Waals surface area contributed by atoms with Crippen LogP contribution in [0.5, 0.6) is 5.75 Å². The predicted octanol–water partition coefficient (Wildman–Crippen LogP) is 1.53. The smallest absolute Gasteiger partial charge is 0.320 e. The number of para-hydroxylation sites is 1. The van der Waals surface area contributed by atoms with Crippen LogP contribution in [0.2, 0.25) is 0 Å². The minimum Gasteiger partial charge on any atom is -0.489 e. The molecule has 0 bridgehead atoms. The summed E-state index contributed by atoms with van der Waals surface area (Å²) >= 11 is 0. The number of ether oxygens (including phenoxy) is 2. The van der Waals surface area contributed by atoms with Gasteiger partial charge in [-0.2, -0.15) is 0 Å². The molecule has 98 valence electrons. The molecular formula is C14H19NO3. The average Bonchev–Trinajstić information content (AvgIpc) is 2.39. The van der Waals surface area contributed by atoms with Gasteiger partial charge >= 0.3 is 5.97 Å². The van der Waals surface area contributed by atoms with Crippen LogP contribution in [-0.2, 0) is 16.0 Å². The molecule has 4 nitrogen and oxygen atoms in total. The first-order valence-electron chi connectivity index (χ1n) is 6.40. The maximum atomic E-state index is 11.6. The standard InChI is InChI=1S/C14H19NO3/c1-2-7-15-9-14(16)18-12-8-11-5-3-4-6-13(11)17-10-12/h3-6,12,15H,2,7-10H2,1H3. The lowest BCUT2D eigenvalue weighted by Crippen LogP contribution is -2.34. The molecule has 1 heterocycles. The van der Waals surface area contributed by atoms with Gasteiger partial charge in [0.25, 0.3) is 0 Å². The van der Waals surface area contributed by atoms with Gasteiger partial charge in [0.2, 0.25) is 0 Å². The number of nitrogens with one attached hydrogen (secondary N) is 1. The molecule has 4 heteroatoms. The number of hydrogen-bond donors (Lipinski definition) is 1. The topological polar surface area (TPSA) is 47.6 Å². The Morgan fingerprint density at radius 2 is 2.33 bits per heavy atom. The summed E-state index contributed by atoms with van der Waals surface area (Å²) in [5.41, 5.74) is 1.10. The largest absolute Gasteiger partial charge is 0.489 e. The maximum Gasteiger partial charge on any atom is 0.320 e. The number of rotatable bonds is 5. The third-order valence-corrected chi connectivity index (χ3v) is 2.84. The minimum atomic E-state index is -0.212. The van der Waals surface area contributed by atoms with E-state index in [-0.39, 0.29) is 18.6 Å². The summed E-state index contributed by atoms with van der Waals surface area (Å²) in [5, 5.41) is 3.03. The number of esters is 1. The fourth-order valence-corrected chi connectivity index (χ4v) is 1.97. The van der Waals surface area contributed by atoms with Crippen LogP contribution < -0.4 is 10.1 Å². The van der Waals surface area contributed by atoms with Crippen molar-refractivity contribution in [1.82, 2.24) is 5.32 Å². The van der Waals surface area contributed by atoms with E-state index in [4.69, 9.17) is 9.47 Å². The van der Waals surface area contributed by atoms with E-state index in [2.05, 4.69) is 12.2 Å². The maximum absolute atomic E-state index is 11.6. The molecule has 1 unspecified atom stereocenters. The van der Waals surface area contributed by atoms with Crippen molar-refractivity contribution in [2.24, 2.45) is 0 Å². The Balaban J connectivity index is 1.80. The van der Waals surface area contributed by atoms with Gasteiger partial charge in [-0.05, 0) is 24.6 Å². The van der Waals surface area contributed by atoms with E-state index in [9.17, 15) is 4.79 Å². The van der Waals surface area contributed by atoms with Crippen LogP contribution in [0, 0.1) is 0 Å². The molecule has 0 aromatic heterocycles. The van der Waals surface area contributed by atoms with Crippen molar-refractivity contribution >= 4 is 5.97 Å². The van der Waals surface area contributed by atoms with Crippen LogP contribution in [0.4, 0.5) is 0 Å². The van der Waals surface area contributed by atoms with Crippen LogP contribution >= 0.6 is 0 Å². The lowest BCUT2D eigenvalue weighted by atomic mass is 10.0. The van der Waals surface area contributed by atoms with E-state index in [1.807, 2.05) is 24.3 Å².